The molecular weight excluding hydrogens is 430 g/mol. The molecule has 2 aromatic rings. The number of aromatic nitrogens is 2. The number of piperazine rings is 1. The lowest BCUT2D eigenvalue weighted by molar-refractivity contribution is -0.132. The third-order valence-electron chi connectivity index (χ3n) is 6.33. The first-order valence-electron chi connectivity index (χ1n) is 11.3. The van der Waals surface area contributed by atoms with E-state index >= 15 is 0 Å². The topological polar surface area (TPSA) is 82.8 Å². The maximum absolute atomic E-state index is 12.7. The molecule has 0 unspecified atom stereocenters. The molecule has 32 heavy (non-hydrogen) atoms. The minimum absolute atomic E-state index is 0.0371. The summed E-state index contributed by atoms with van der Waals surface area (Å²) in [5.41, 5.74) is 0.541. The highest BCUT2D eigenvalue weighted by atomic mass is 35.5. The summed E-state index contributed by atoms with van der Waals surface area (Å²) in [6.07, 6.45) is 3.03. The van der Waals surface area contributed by atoms with Crippen LogP contribution in [0.4, 0.5) is 0 Å². The number of amides is 2. The van der Waals surface area contributed by atoms with Gasteiger partial charge in [0.1, 0.15) is 0 Å². The normalized spacial score (nSPS) is 18.2. The van der Waals surface area contributed by atoms with Crippen molar-refractivity contribution < 1.29 is 14.1 Å². The lowest BCUT2D eigenvalue weighted by atomic mass is 9.99. The van der Waals surface area contributed by atoms with Crippen molar-refractivity contribution in [2.24, 2.45) is 5.92 Å². The van der Waals surface area contributed by atoms with Crippen molar-refractivity contribution in [2.45, 2.75) is 39.2 Å². The number of nitrogens with zero attached hydrogens (tertiary/aromatic N) is 5. The second-order valence-corrected chi connectivity index (χ2v) is 9.12. The van der Waals surface area contributed by atoms with Crippen LogP contribution in [-0.2, 0) is 17.8 Å². The second-order valence-electron chi connectivity index (χ2n) is 8.72. The van der Waals surface area contributed by atoms with Crippen molar-refractivity contribution in [1.29, 1.82) is 0 Å². The molecule has 0 saturated carbocycles. The Kier molecular flexibility index (Phi) is 7.42. The Morgan fingerprint density at radius 3 is 2.50 bits per heavy atom. The van der Waals surface area contributed by atoms with Gasteiger partial charge in [0.15, 0.2) is 5.82 Å². The molecular formula is C23H30ClN5O3. The lowest BCUT2D eigenvalue weighted by Crippen LogP contribution is -2.48. The van der Waals surface area contributed by atoms with Gasteiger partial charge in [0.25, 0.3) is 5.91 Å². The molecule has 0 aliphatic carbocycles. The smallest absolute Gasteiger partial charge is 0.255 e. The molecule has 1 aromatic heterocycles. The van der Waals surface area contributed by atoms with Crippen molar-refractivity contribution >= 4 is 23.4 Å². The van der Waals surface area contributed by atoms with Gasteiger partial charge in [0.05, 0.1) is 17.1 Å². The number of halogens is 1. The van der Waals surface area contributed by atoms with Crippen molar-refractivity contribution in [3.05, 3.63) is 46.6 Å². The Morgan fingerprint density at radius 2 is 1.78 bits per heavy atom. The number of rotatable bonds is 6. The van der Waals surface area contributed by atoms with Crippen LogP contribution in [0.15, 0.2) is 28.8 Å². The van der Waals surface area contributed by atoms with E-state index in [0.717, 1.165) is 39.0 Å². The van der Waals surface area contributed by atoms with Crippen LogP contribution in [0.3, 0.4) is 0 Å². The second kappa shape index (κ2) is 10.4. The highest BCUT2D eigenvalue weighted by molar-refractivity contribution is 6.33. The van der Waals surface area contributed by atoms with E-state index in [9.17, 15) is 9.59 Å². The van der Waals surface area contributed by atoms with Gasteiger partial charge >= 0.3 is 0 Å². The summed E-state index contributed by atoms with van der Waals surface area (Å²) in [4.78, 5) is 35.5. The van der Waals surface area contributed by atoms with E-state index in [1.807, 2.05) is 21.9 Å². The zero-order chi connectivity index (χ0) is 22.5. The van der Waals surface area contributed by atoms with E-state index in [1.54, 1.807) is 12.1 Å². The minimum Gasteiger partial charge on any atom is -0.343 e. The molecule has 0 bridgehead atoms. The van der Waals surface area contributed by atoms with Crippen LogP contribution in [-0.4, -0.2) is 75.9 Å². The van der Waals surface area contributed by atoms with E-state index in [2.05, 4.69) is 22.0 Å². The number of benzene rings is 1. The quantitative estimate of drug-likeness (QED) is 0.660. The average Bonchev–Trinajstić information content (AvgIpc) is 3.25. The predicted octanol–water partition coefficient (Wildman–Crippen LogP) is 2.87. The van der Waals surface area contributed by atoms with Gasteiger partial charge in [0, 0.05) is 52.1 Å². The fraction of sp³-hybridized carbons (Fsp3) is 0.565. The van der Waals surface area contributed by atoms with Crippen LogP contribution in [0, 0.1) is 5.92 Å². The molecule has 0 radical (unpaired) electrons. The number of hydrogen-bond donors (Lipinski definition) is 0. The van der Waals surface area contributed by atoms with Crippen LogP contribution < -0.4 is 0 Å². The first-order chi connectivity index (χ1) is 15.5. The molecule has 9 heteroatoms. The molecule has 2 saturated heterocycles. The number of carbonyl (C=O) groups excluding carboxylic acids is 2. The number of carbonyl (C=O) groups is 2. The molecule has 2 aliphatic rings. The third kappa shape index (κ3) is 5.66. The highest BCUT2D eigenvalue weighted by Gasteiger charge is 2.25. The Labute approximate surface area is 193 Å². The van der Waals surface area contributed by atoms with Gasteiger partial charge in [-0.15, -0.1) is 0 Å². The highest BCUT2D eigenvalue weighted by Crippen LogP contribution is 2.19. The zero-order valence-electron chi connectivity index (χ0n) is 18.5. The molecule has 2 fully saturated rings. The average molecular weight is 460 g/mol. The molecule has 0 atom stereocenters. The molecule has 4 rings (SSSR count). The molecule has 8 nitrogen and oxygen atoms in total. The number of hydrogen-bond acceptors (Lipinski definition) is 6. The van der Waals surface area contributed by atoms with E-state index in [1.165, 1.54) is 0 Å². The maximum atomic E-state index is 12.7. The SMILES string of the molecule is CC1CCN(C(=O)CCc2nc(CN3CCN(C(=O)c4ccccc4Cl)CC3)no2)CC1. The lowest BCUT2D eigenvalue weighted by Gasteiger charge is -2.34. The Hall–Kier alpha value is -2.45. The fourth-order valence-corrected chi connectivity index (χ4v) is 4.42. The predicted molar refractivity (Wildman–Crippen MR) is 120 cm³/mol. The van der Waals surface area contributed by atoms with Crippen LogP contribution in [0.2, 0.25) is 5.02 Å². The Bertz CT molecular complexity index is 933. The van der Waals surface area contributed by atoms with Gasteiger partial charge in [-0.05, 0) is 30.9 Å². The fourth-order valence-electron chi connectivity index (χ4n) is 4.20. The Balaban J connectivity index is 1.21. The summed E-state index contributed by atoms with van der Waals surface area (Å²) < 4.78 is 5.35. The monoisotopic (exact) mass is 459 g/mol. The van der Waals surface area contributed by atoms with Crippen LogP contribution in [0.5, 0.6) is 0 Å². The first kappa shape index (κ1) is 22.7. The molecule has 2 aliphatic heterocycles. The summed E-state index contributed by atoms with van der Waals surface area (Å²) >= 11 is 6.16. The van der Waals surface area contributed by atoms with Gasteiger partial charge in [-0.1, -0.05) is 35.8 Å². The Morgan fingerprint density at radius 1 is 1.06 bits per heavy atom. The van der Waals surface area contributed by atoms with Crippen molar-refractivity contribution in [3.8, 4) is 0 Å². The molecule has 0 N–H and O–H groups in total. The molecule has 3 heterocycles. The molecule has 0 spiro atoms. The van der Waals surface area contributed by atoms with E-state index in [4.69, 9.17) is 16.1 Å². The third-order valence-corrected chi connectivity index (χ3v) is 6.66. The maximum Gasteiger partial charge on any atom is 0.255 e. The minimum atomic E-state index is -0.0371. The standard InChI is InChI=1S/C23H30ClN5O3/c1-17-8-10-28(11-9-17)22(30)7-6-21-25-20(26-32-21)16-27-12-14-29(15-13-27)23(31)18-4-2-3-5-19(18)24/h2-5,17H,6-16H2,1H3. The number of likely N-dealkylation sites (tertiary alicyclic amines) is 1. The summed E-state index contributed by atoms with van der Waals surface area (Å²) in [5.74, 6) is 1.95. The molecule has 172 valence electrons. The first-order valence-corrected chi connectivity index (χ1v) is 11.7. The van der Waals surface area contributed by atoms with Gasteiger partial charge < -0.3 is 14.3 Å². The van der Waals surface area contributed by atoms with Gasteiger partial charge in [-0.3, -0.25) is 14.5 Å². The zero-order valence-corrected chi connectivity index (χ0v) is 19.3. The summed E-state index contributed by atoms with van der Waals surface area (Å²) in [6.45, 7) is 7.20. The molecule has 2 amide bonds. The number of aryl methyl sites for hydroxylation is 1. The van der Waals surface area contributed by atoms with Crippen LogP contribution in [0.25, 0.3) is 0 Å². The summed E-state index contributed by atoms with van der Waals surface area (Å²) in [6, 6.07) is 7.14. The van der Waals surface area contributed by atoms with Gasteiger partial charge in [-0.2, -0.15) is 4.98 Å². The van der Waals surface area contributed by atoms with Crippen molar-refractivity contribution in [2.75, 3.05) is 39.3 Å². The van der Waals surface area contributed by atoms with Gasteiger partial charge in [-0.25, -0.2) is 0 Å². The van der Waals surface area contributed by atoms with E-state index in [-0.39, 0.29) is 11.8 Å². The van der Waals surface area contributed by atoms with E-state index < -0.39 is 0 Å². The van der Waals surface area contributed by atoms with E-state index in [0.29, 0.717) is 60.7 Å². The summed E-state index contributed by atoms with van der Waals surface area (Å²) in [5, 5.41) is 4.55. The van der Waals surface area contributed by atoms with Crippen molar-refractivity contribution in [1.82, 2.24) is 24.8 Å². The van der Waals surface area contributed by atoms with Gasteiger partial charge in [0.2, 0.25) is 11.8 Å². The summed E-state index contributed by atoms with van der Waals surface area (Å²) in [7, 11) is 0. The van der Waals surface area contributed by atoms with Crippen LogP contribution >= 0.6 is 11.6 Å². The molecule has 1 aromatic carbocycles. The van der Waals surface area contributed by atoms with Crippen LogP contribution in [0.1, 0.15) is 48.3 Å². The van der Waals surface area contributed by atoms with Crippen molar-refractivity contribution in [3.63, 3.8) is 0 Å². The largest absolute Gasteiger partial charge is 0.343 e. The number of piperidine rings is 1.